The van der Waals surface area contributed by atoms with Crippen molar-refractivity contribution in [2.75, 3.05) is 61.1 Å². The van der Waals surface area contributed by atoms with Crippen LogP contribution in [0, 0.1) is 6.92 Å². The first kappa shape index (κ1) is 23.3. The van der Waals surface area contributed by atoms with Crippen molar-refractivity contribution in [3.63, 3.8) is 0 Å². The Labute approximate surface area is 200 Å². The number of carbonyl (C=O) groups is 1. The Morgan fingerprint density at radius 3 is 2.44 bits per heavy atom. The van der Waals surface area contributed by atoms with E-state index < -0.39 is 0 Å². The zero-order chi connectivity index (χ0) is 22.3. The van der Waals surface area contributed by atoms with Crippen molar-refractivity contribution in [1.29, 1.82) is 0 Å². The maximum atomic E-state index is 12.4. The van der Waals surface area contributed by atoms with Crippen molar-refractivity contribution in [3.05, 3.63) is 53.6 Å². The van der Waals surface area contributed by atoms with Gasteiger partial charge in [-0.3, -0.25) is 4.79 Å². The summed E-state index contributed by atoms with van der Waals surface area (Å²) < 4.78 is 6.24. The molecule has 7 heteroatoms. The fourth-order valence-corrected chi connectivity index (χ4v) is 6.94. The predicted molar refractivity (Wildman–Crippen MR) is 138 cm³/mol. The summed E-state index contributed by atoms with van der Waals surface area (Å²) in [6.45, 7) is 9.67. The van der Waals surface area contributed by atoms with Crippen LogP contribution in [-0.2, 0) is 4.79 Å². The van der Waals surface area contributed by atoms with Crippen molar-refractivity contribution in [2.45, 2.75) is 24.9 Å². The highest BCUT2D eigenvalue weighted by Crippen LogP contribution is 2.43. The molecule has 32 heavy (non-hydrogen) atoms. The Balaban J connectivity index is 1.26. The summed E-state index contributed by atoms with van der Waals surface area (Å²) in [5.41, 5.74) is 4.46. The largest absolute Gasteiger partial charge is 0.484 e. The van der Waals surface area contributed by atoms with Crippen molar-refractivity contribution in [1.82, 2.24) is 4.90 Å². The van der Waals surface area contributed by atoms with Crippen LogP contribution in [0.4, 0.5) is 11.4 Å². The summed E-state index contributed by atoms with van der Waals surface area (Å²) >= 11 is 4.01. The van der Waals surface area contributed by atoms with Crippen LogP contribution in [-0.4, -0.2) is 61.6 Å². The molecule has 0 aromatic heterocycles. The Morgan fingerprint density at radius 1 is 1.06 bits per heavy atom. The molecule has 1 N–H and O–H groups in total. The lowest BCUT2D eigenvalue weighted by Crippen LogP contribution is -2.46. The van der Waals surface area contributed by atoms with E-state index in [-0.39, 0.29) is 12.5 Å². The quantitative estimate of drug-likeness (QED) is 0.612. The second-order valence-corrected chi connectivity index (χ2v) is 11.0. The third-order valence-corrected chi connectivity index (χ3v) is 9.03. The Hall–Kier alpha value is -1.83. The van der Waals surface area contributed by atoms with E-state index in [1.807, 2.05) is 48.6 Å². The van der Waals surface area contributed by atoms with Crippen molar-refractivity contribution in [3.8, 4) is 5.75 Å². The van der Waals surface area contributed by atoms with Crippen LogP contribution >= 0.6 is 23.5 Å². The van der Waals surface area contributed by atoms with E-state index in [1.165, 1.54) is 29.2 Å². The molecule has 0 atom stereocenters. The number of likely N-dealkylation sites (N-methyl/N-ethyl adjacent to an activating group) is 1. The van der Waals surface area contributed by atoms with Gasteiger partial charge in [0.05, 0.1) is 4.58 Å². The summed E-state index contributed by atoms with van der Waals surface area (Å²) in [4.78, 5) is 17.3. The Morgan fingerprint density at radius 2 is 1.78 bits per heavy atom. The number of hydrogen-bond donors (Lipinski definition) is 1. The molecule has 0 saturated carbocycles. The Kier molecular flexibility index (Phi) is 8.27. The fourth-order valence-electron chi connectivity index (χ4n) is 4.04. The van der Waals surface area contributed by atoms with Gasteiger partial charge in [-0.2, -0.15) is 0 Å². The highest BCUT2D eigenvalue weighted by Gasteiger charge is 2.18. The molecule has 2 fully saturated rings. The summed E-state index contributed by atoms with van der Waals surface area (Å²) in [6, 6.07) is 14.4. The smallest absolute Gasteiger partial charge is 0.262 e. The van der Waals surface area contributed by atoms with E-state index in [4.69, 9.17) is 4.74 Å². The van der Waals surface area contributed by atoms with Gasteiger partial charge in [-0.1, -0.05) is 19.1 Å². The zero-order valence-electron chi connectivity index (χ0n) is 19.0. The van der Waals surface area contributed by atoms with Gasteiger partial charge in [0, 0.05) is 37.6 Å². The van der Waals surface area contributed by atoms with Gasteiger partial charge in [-0.15, -0.1) is 23.5 Å². The van der Waals surface area contributed by atoms with Gasteiger partial charge >= 0.3 is 0 Å². The summed E-state index contributed by atoms with van der Waals surface area (Å²) in [5.74, 6) is 3.05. The topological polar surface area (TPSA) is 44.8 Å². The minimum atomic E-state index is -0.139. The number of rotatable bonds is 7. The first-order valence-electron chi connectivity index (χ1n) is 11.5. The number of anilines is 2. The molecule has 2 aliphatic rings. The zero-order valence-corrected chi connectivity index (χ0v) is 20.6. The van der Waals surface area contributed by atoms with E-state index in [9.17, 15) is 4.79 Å². The minimum Gasteiger partial charge on any atom is -0.484 e. The number of aryl methyl sites for hydroxylation is 1. The molecule has 0 aliphatic carbocycles. The average Bonchev–Trinajstić information content (AvgIpc) is 2.85. The van der Waals surface area contributed by atoms with Crippen LogP contribution in [0.15, 0.2) is 42.5 Å². The third kappa shape index (κ3) is 6.15. The molecule has 2 aromatic rings. The number of thioether (sulfide) groups is 2. The lowest BCUT2D eigenvalue weighted by Gasteiger charge is -2.35. The SMILES string of the molecule is CCN1CCN(c2ccc(NC(=O)COc3ccc(C4SCCCS4)cc3)c(C)c2)CC1. The van der Waals surface area contributed by atoms with Crippen LogP contribution < -0.4 is 15.0 Å². The van der Waals surface area contributed by atoms with E-state index in [1.54, 1.807) is 0 Å². The summed E-state index contributed by atoms with van der Waals surface area (Å²) in [5, 5.41) is 2.99. The first-order chi connectivity index (χ1) is 15.6. The fraction of sp³-hybridized carbons (Fsp3) is 0.480. The van der Waals surface area contributed by atoms with Gasteiger partial charge in [0.2, 0.25) is 0 Å². The number of piperazine rings is 1. The lowest BCUT2D eigenvalue weighted by molar-refractivity contribution is -0.118. The van der Waals surface area contributed by atoms with Gasteiger partial charge in [0.25, 0.3) is 5.91 Å². The van der Waals surface area contributed by atoms with Crippen LogP contribution in [0.2, 0.25) is 0 Å². The summed E-state index contributed by atoms with van der Waals surface area (Å²) in [7, 11) is 0. The first-order valence-corrected chi connectivity index (χ1v) is 13.6. The standard InChI is InChI=1S/C25H33N3O2S2/c1-3-27-11-13-28(14-12-27)21-7-10-23(19(2)17-21)26-24(29)18-30-22-8-5-20(6-9-22)25-31-15-4-16-32-25/h5-10,17,25H,3-4,11-16,18H2,1-2H3,(H,26,29). The number of benzene rings is 2. The van der Waals surface area contributed by atoms with Gasteiger partial charge in [-0.25, -0.2) is 0 Å². The Bertz CT molecular complexity index is 893. The molecule has 5 nitrogen and oxygen atoms in total. The third-order valence-electron chi connectivity index (χ3n) is 6.02. The van der Waals surface area contributed by atoms with Crippen LogP contribution in [0.1, 0.15) is 29.1 Å². The highest BCUT2D eigenvalue weighted by atomic mass is 32.2. The van der Waals surface area contributed by atoms with Gasteiger partial charge in [0.1, 0.15) is 5.75 Å². The van der Waals surface area contributed by atoms with Gasteiger partial charge in [-0.05, 0) is 72.9 Å². The molecule has 2 aliphatic heterocycles. The van der Waals surface area contributed by atoms with Gasteiger partial charge < -0.3 is 19.9 Å². The number of nitrogens with one attached hydrogen (secondary N) is 1. The predicted octanol–water partition coefficient (Wildman–Crippen LogP) is 5.02. The molecule has 2 aromatic carbocycles. The number of ether oxygens (including phenoxy) is 1. The van der Waals surface area contributed by atoms with E-state index in [2.05, 4.69) is 46.3 Å². The highest BCUT2D eigenvalue weighted by molar-refractivity contribution is 8.16. The molecule has 1 amide bonds. The molecular weight excluding hydrogens is 438 g/mol. The van der Waals surface area contributed by atoms with E-state index >= 15 is 0 Å². The second kappa shape index (κ2) is 11.3. The molecule has 0 bridgehead atoms. The number of nitrogens with zero attached hydrogens (tertiary/aromatic N) is 2. The molecular formula is C25H33N3O2S2. The second-order valence-electron chi connectivity index (χ2n) is 8.25. The molecule has 4 rings (SSSR count). The maximum Gasteiger partial charge on any atom is 0.262 e. The average molecular weight is 472 g/mol. The molecule has 0 unspecified atom stereocenters. The molecule has 172 valence electrons. The van der Waals surface area contributed by atoms with Crippen LogP contribution in [0.3, 0.4) is 0 Å². The van der Waals surface area contributed by atoms with E-state index in [0.29, 0.717) is 4.58 Å². The molecule has 2 saturated heterocycles. The summed E-state index contributed by atoms with van der Waals surface area (Å²) in [6.07, 6.45) is 1.29. The maximum absolute atomic E-state index is 12.4. The van der Waals surface area contributed by atoms with Gasteiger partial charge in [0.15, 0.2) is 6.61 Å². The van der Waals surface area contributed by atoms with E-state index in [0.717, 1.165) is 49.7 Å². The van der Waals surface area contributed by atoms with Crippen molar-refractivity contribution in [2.24, 2.45) is 0 Å². The minimum absolute atomic E-state index is 0.00639. The van der Waals surface area contributed by atoms with Crippen molar-refractivity contribution >= 4 is 40.8 Å². The van der Waals surface area contributed by atoms with Crippen LogP contribution in [0.25, 0.3) is 0 Å². The monoisotopic (exact) mass is 471 g/mol. The number of carbonyl (C=O) groups excluding carboxylic acids is 1. The van der Waals surface area contributed by atoms with Crippen LogP contribution in [0.5, 0.6) is 5.75 Å². The lowest BCUT2D eigenvalue weighted by atomic mass is 10.1. The molecule has 0 radical (unpaired) electrons. The molecule has 2 heterocycles. The number of hydrogen-bond acceptors (Lipinski definition) is 6. The number of amides is 1. The molecule has 0 spiro atoms. The normalized spacial score (nSPS) is 17.9. The van der Waals surface area contributed by atoms with Crippen molar-refractivity contribution < 1.29 is 9.53 Å².